The summed E-state index contributed by atoms with van der Waals surface area (Å²) in [5, 5.41) is 0. The number of esters is 1. The molecule has 1 amide bonds. The molecule has 7 nitrogen and oxygen atoms in total. The van der Waals surface area contributed by atoms with E-state index in [-0.39, 0.29) is 29.9 Å². The Labute approximate surface area is 316 Å². The van der Waals surface area contributed by atoms with Crippen molar-refractivity contribution in [3.05, 3.63) is 101 Å². The zero-order valence-electron chi connectivity index (χ0n) is 32.9. The average molecular weight is 719 g/mol. The third-order valence-electron chi connectivity index (χ3n) is 10.8. The van der Waals surface area contributed by atoms with E-state index < -0.39 is 11.2 Å². The van der Waals surface area contributed by atoms with Crippen LogP contribution in [0.5, 0.6) is 5.75 Å². The fraction of sp³-hybridized carbons (Fsp3) is 0.522. The Balaban J connectivity index is 1.08. The molecular weight excluding hydrogens is 661 g/mol. The largest absolute Gasteiger partial charge is 0.460 e. The summed E-state index contributed by atoms with van der Waals surface area (Å²) in [7, 11) is 0. The van der Waals surface area contributed by atoms with Crippen LogP contribution in [-0.4, -0.2) is 46.5 Å². The number of carbonyl (C=O) groups excluding carboxylic acids is 2. The molecule has 7 heteroatoms. The number of aliphatic imine (C=N–C) groups is 1. The van der Waals surface area contributed by atoms with E-state index in [1.165, 1.54) is 16.7 Å². The van der Waals surface area contributed by atoms with Crippen molar-refractivity contribution < 1.29 is 23.8 Å². The van der Waals surface area contributed by atoms with Crippen LogP contribution in [0.3, 0.4) is 0 Å². The smallest absolute Gasteiger partial charge is 0.410 e. The number of hydrogen-bond donors (Lipinski definition) is 0. The molecule has 3 aliphatic carbocycles. The summed E-state index contributed by atoms with van der Waals surface area (Å²) in [6.07, 6.45) is 24.2. The molecule has 2 aliphatic heterocycles. The number of carbonyl (C=O) groups is 2. The molecule has 0 bridgehead atoms. The minimum Gasteiger partial charge on any atom is -0.460 e. The fourth-order valence-corrected chi connectivity index (χ4v) is 8.24. The van der Waals surface area contributed by atoms with Gasteiger partial charge in [-0.05, 0) is 146 Å². The topological polar surface area (TPSA) is 77.4 Å². The molecule has 0 radical (unpaired) electrons. The predicted octanol–water partition coefficient (Wildman–Crippen LogP) is 11.0. The minimum atomic E-state index is -0.527. The van der Waals surface area contributed by atoms with Crippen LogP contribution in [0.1, 0.15) is 118 Å². The molecule has 5 aliphatic rings. The summed E-state index contributed by atoms with van der Waals surface area (Å²) >= 11 is 0. The van der Waals surface area contributed by atoms with E-state index >= 15 is 0 Å². The molecule has 4 atom stereocenters. The molecule has 2 heterocycles. The first-order chi connectivity index (χ1) is 25.2. The van der Waals surface area contributed by atoms with E-state index in [1.54, 1.807) is 0 Å². The van der Waals surface area contributed by atoms with E-state index in [9.17, 15) is 9.59 Å². The van der Waals surface area contributed by atoms with Crippen molar-refractivity contribution >= 4 is 23.3 Å². The van der Waals surface area contributed by atoms with Crippen molar-refractivity contribution in [1.82, 2.24) is 4.90 Å². The molecule has 4 unspecified atom stereocenters. The van der Waals surface area contributed by atoms with Crippen LogP contribution >= 0.6 is 0 Å². The molecule has 1 aromatic rings. The van der Waals surface area contributed by atoms with Gasteiger partial charge in [-0.15, -0.1) is 5.73 Å². The third kappa shape index (κ3) is 10.00. The molecule has 53 heavy (non-hydrogen) atoms. The summed E-state index contributed by atoms with van der Waals surface area (Å²) in [5.41, 5.74) is 9.19. The molecule has 2 fully saturated rings. The maximum atomic E-state index is 13.1. The number of ether oxygens (including phenoxy) is 3. The maximum Gasteiger partial charge on any atom is 0.410 e. The van der Waals surface area contributed by atoms with Gasteiger partial charge in [0.1, 0.15) is 22.7 Å². The van der Waals surface area contributed by atoms with Gasteiger partial charge in [-0.25, -0.2) is 4.79 Å². The lowest BCUT2D eigenvalue weighted by Crippen LogP contribution is -2.43. The number of nitrogens with zero attached hydrogens (tertiary/aromatic N) is 2. The van der Waals surface area contributed by atoms with Gasteiger partial charge >= 0.3 is 12.1 Å². The molecule has 1 aromatic carbocycles. The molecule has 282 valence electrons. The first kappa shape index (κ1) is 38.4. The summed E-state index contributed by atoms with van der Waals surface area (Å²) in [4.78, 5) is 32.9. The summed E-state index contributed by atoms with van der Waals surface area (Å²) < 4.78 is 17.8. The lowest BCUT2D eigenvalue weighted by Gasteiger charge is -2.32. The van der Waals surface area contributed by atoms with Crippen LogP contribution in [0.4, 0.5) is 4.79 Å². The Morgan fingerprint density at radius 2 is 1.58 bits per heavy atom. The first-order valence-corrected chi connectivity index (χ1v) is 19.8. The average Bonchev–Trinajstić information content (AvgIpc) is 3.38. The first-order valence-electron chi connectivity index (χ1n) is 19.8. The van der Waals surface area contributed by atoms with Crippen LogP contribution in [0, 0.1) is 17.8 Å². The van der Waals surface area contributed by atoms with Crippen LogP contribution in [0.25, 0.3) is 5.57 Å². The van der Waals surface area contributed by atoms with Crippen LogP contribution in [0.15, 0.2) is 100 Å². The second-order valence-electron chi connectivity index (χ2n) is 17.2. The maximum absolute atomic E-state index is 13.1. The van der Waals surface area contributed by atoms with Crippen molar-refractivity contribution in [2.45, 2.75) is 130 Å². The van der Waals surface area contributed by atoms with E-state index in [2.05, 4.69) is 43.0 Å². The van der Waals surface area contributed by atoms with Crippen molar-refractivity contribution in [3.8, 4) is 5.75 Å². The number of amides is 1. The summed E-state index contributed by atoms with van der Waals surface area (Å²) in [6, 6.07) is 8.30. The Morgan fingerprint density at radius 1 is 0.830 bits per heavy atom. The zero-order valence-corrected chi connectivity index (χ0v) is 32.9. The summed E-state index contributed by atoms with van der Waals surface area (Å²) in [5.74, 6) is 2.08. The molecule has 0 spiro atoms. The molecular formula is C46H58N2O5. The Morgan fingerprint density at radius 3 is 2.30 bits per heavy atom. The third-order valence-corrected chi connectivity index (χ3v) is 10.8. The van der Waals surface area contributed by atoms with Crippen molar-refractivity contribution in [1.29, 1.82) is 0 Å². The normalized spacial score (nSPS) is 25.2. The standard InChI is InChI=1S/C46H58N2O5/c1-31-38(15-8-9-16-39(31)43(49)52-45(2,3)4)34-22-20-32(21-23-34)33-24-27-37(28-25-33)51-36-14-10-13-35(26-29-36)40-17-11-18-41(47-40)42-19-12-30-48(42)44(50)53-46(5,6)7/h13-14,17,20,22,24-29,31,38-39,42H,8-9,11-12,15-16,18-19,21,23,30H2,1-7H3. The van der Waals surface area contributed by atoms with Crippen molar-refractivity contribution in [2.75, 3.05) is 6.54 Å². The highest BCUT2D eigenvalue weighted by Crippen LogP contribution is 2.42. The molecule has 0 aromatic heterocycles. The van der Waals surface area contributed by atoms with Gasteiger partial charge in [-0.2, -0.15) is 0 Å². The van der Waals surface area contributed by atoms with E-state index in [4.69, 9.17) is 19.2 Å². The minimum absolute atomic E-state index is 0.0249. The monoisotopic (exact) mass is 718 g/mol. The Hall–Kier alpha value is -4.35. The lowest BCUT2D eigenvalue weighted by molar-refractivity contribution is -0.162. The van der Waals surface area contributed by atoms with Gasteiger partial charge in [-0.3, -0.25) is 14.7 Å². The van der Waals surface area contributed by atoms with E-state index in [0.717, 1.165) is 86.9 Å². The van der Waals surface area contributed by atoms with Crippen LogP contribution in [-0.2, 0) is 14.3 Å². The van der Waals surface area contributed by atoms with Gasteiger partial charge in [0.2, 0.25) is 0 Å². The molecule has 0 N–H and O–H groups in total. The highest BCUT2D eigenvalue weighted by Gasteiger charge is 2.38. The van der Waals surface area contributed by atoms with E-state index in [1.807, 2.05) is 82.9 Å². The number of rotatable bonds is 7. The molecule has 6 rings (SSSR count). The van der Waals surface area contributed by atoms with Crippen molar-refractivity contribution in [2.24, 2.45) is 22.7 Å². The van der Waals surface area contributed by atoms with Crippen LogP contribution in [0.2, 0.25) is 0 Å². The lowest BCUT2D eigenvalue weighted by atomic mass is 9.75. The summed E-state index contributed by atoms with van der Waals surface area (Å²) in [6.45, 7) is 14.5. The Kier molecular flexibility index (Phi) is 11.8. The second kappa shape index (κ2) is 16.3. The number of hydrogen-bond acceptors (Lipinski definition) is 6. The molecule has 1 saturated heterocycles. The number of benzene rings is 1. The van der Waals surface area contributed by atoms with Crippen molar-refractivity contribution in [3.63, 3.8) is 0 Å². The highest BCUT2D eigenvalue weighted by atomic mass is 16.6. The van der Waals surface area contributed by atoms with Gasteiger partial charge in [0.05, 0.1) is 17.7 Å². The predicted molar refractivity (Wildman–Crippen MR) is 212 cm³/mol. The van der Waals surface area contributed by atoms with Gasteiger partial charge in [-0.1, -0.05) is 55.7 Å². The van der Waals surface area contributed by atoms with Crippen LogP contribution < -0.4 is 4.74 Å². The zero-order chi connectivity index (χ0) is 37.8. The van der Waals surface area contributed by atoms with E-state index in [0.29, 0.717) is 18.2 Å². The number of allylic oxidation sites excluding steroid dienone is 9. The molecule has 1 saturated carbocycles. The highest BCUT2D eigenvalue weighted by molar-refractivity contribution is 5.94. The quantitative estimate of drug-likeness (QED) is 0.159. The SMILES string of the molecule is CC1C(C(=O)OC(C)(C)C)CCCCC1C1=CC=C(c2ccc(OC3=CC=C(C4=CCCC(C5CCCN5C(=O)OC(C)(C)C)=N4)C=C=C3)cc2)CC1. The number of likely N-dealkylation sites (tertiary alicyclic amines) is 1. The van der Waals surface area contributed by atoms with Gasteiger partial charge in [0.15, 0.2) is 0 Å². The van der Waals surface area contributed by atoms with Gasteiger partial charge < -0.3 is 14.2 Å². The Bertz CT molecular complexity index is 1800. The second-order valence-corrected chi connectivity index (χ2v) is 17.2. The fourth-order valence-electron chi connectivity index (χ4n) is 8.24. The van der Waals surface area contributed by atoms with Gasteiger partial charge in [0, 0.05) is 23.9 Å². The van der Waals surface area contributed by atoms with Gasteiger partial charge in [0.25, 0.3) is 0 Å².